The molecule has 2 aromatic heterocycles. The molecule has 4 nitrogen and oxygen atoms in total. The van der Waals surface area contributed by atoms with Crippen molar-refractivity contribution < 1.29 is 4.79 Å². The number of carbonyl (C=O) groups is 1. The zero-order valence-corrected chi connectivity index (χ0v) is 11.2. The predicted octanol–water partition coefficient (Wildman–Crippen LogP) is 2.57. The Labute approximate surface area is 117 Å². The Hall–Kier alpha value is -2.62. The summed E-state index contributed by atoms with van der Waals surface area (Å²) in [6.07, 6.45) is 3.86. The van der Waals surface area contributed by atoms with Gasteiger partial charge in [0.25, 0.3) is 5.91 Å². The van der Waals surface area contributed by atoms with Crippen LogP contribution in [0, 0.1) is 6.92 Å². The zero-order valence-electron chi connectivity index (χ0n) is 11.2. The molecule has 0 atom stereocenters. The van der Waals surface area contributed by atoms with Crippen molar-refractivity contribution in [2.24, 2.45) is 0 Å². The number of benzene rings is 1. The number of nitrogens with zero attached hydrogens (tertiary/aromatic N) is 2. The first-order valence-corrected chi connectivity index (χ1v) is 6.50. The van der Waals surface area contributed by atoms with Crippen LogP contribution in [0.25, 0.3) is 5.65 Å². The van der Waals surface area contributed by atoms with E-state index in [1.54, 1.807) is 0 Å². The Bertz CT molecular complexity index is 711. The number of rotatable bonds is 3. The fourth-order valence-corrected chi connectivity index (χ4v) is 2.05. The van der Waals surface area contributed by atoms with E-state index in [1.165, 1.54) is 0 Å². The smallest absolute Gasteiger partial charge is 0.251 e. The minimum absolute atomic E-state index is 0.0814. The molecule has 3 rings (SSSR count). The van der Waals surface area contributed by atoms with E-state index in [4.69, 9.17) is 0 Å². The second-order valence-electron chi connectivity index (χ2n) is 4.75. The largest absolute Gasteiger partial charge is 0.346 e. The fraction of sp³-hybridized carbons (Fsp3) is 0.125. The van der Waals surface area contributed by atoms with E-state index < -0.39 is 0 Å². The van der Waals surface area contributed by atoms with Crippen LogP contribution in [0.5, 0.6) is 0 Å². The molecule has 0 aliphatic carbocycles. The number of amides is 1. The van der Waals surface area contributed by atoms with Crippen molar-refractivity contribution in [3.8, 4) is 0 Å². The molecule has 1 aromatic carbocycles. The molecule has 100 valence electrons. The maximum absolute atomic E-state index is 12.0. The summed E-state index contributed by atoms with van der Waals surface area (Å²) < 4.78 is 1.94. The molecule has 1 N–H and O–H groups in total. The van der Waals surface area contributed by atoms with E-state index in [2.05, 4.69) is 10.3 Å². The van der Waals surface area contributed by atoms with Gasteiger partial charge in [0.1, 0.15) is 5.65 Å². The molecular weight excluding hydrogens is 250 g/mol. The maximum Gasteiger partial charge on any atom is 0.251 e. The van der Waals surface area contributed by atoms with E-state index in [-0.39, 0.29) is 5.91 Å². The summed E-state index contributed by atoms with van der Waals surface area (Å²) in [7, 11) is 0. The lowest BCUT2D eigenvalue weighted by atomic mass is 10.1. The van der Waals surface area contributed by atoms with Gasteiger partial charge >= 0.3 is 0 Å². The molecule has 20 heavy (non-hydrogen) atoms. The molecule has 3 aromatic rings. The first kappa shape index (κ1) is 12.4. The number of nitrogens with one attached hydrogen (secondary N) is 1. The monoisotopic (exact) mass is 265 g/mol. The standard InChI is InChI=1S/C16H15N3O/c1-12-5-7-13(8-6-12)16(20)17-10-14-11-19-9-3-2-4-15(19)18-14/h2-9,11H,10H2,1H3,(H,17,20). The van der Waals surface area contributed by atoms with Crippen molar-refractivity contribution in [3.63, 3.8) is 0 Å². The van der Waals surface area contributed by atoms with Crippen LogP contribution in [0.1, 0.15) is 21.6 Å². The van der Waals surface area contributed by atoms with E-state index >= 15 is 0 Å². The van der Waals surface area contributed by atoms with Crippen LogP contribution >= 0.6 is 0 Å². The maximum atomic E-state index is 12.0. The highest BCUT2D eigenvalue weighted by Crippen LogP contribution is 2.06. The fourth-order valence-electron chi connectivity index (χ4n) is 2.05. The summed E-state index contributed by atoms with van der Waals surface area (Å²) >= 11 is 0. The van der Waals surface area contributed by atoms with Crippen LogP contribution in [0.2, 0.25) is 0 Å². The van der Waals surface area contributed by atoms with Crippen molar-refractivity contribution in [2.45, 2.75) is 13.5 Å². The van der Waals surface area contributed by atoms with Gasteiger partial charge in [-0.25, -0.2) is 4.98 Å². The second kappa shape index (κ2) is 5.17. The quantitative estimate of drug-likeness (QED) is 0.791. The van der Waals surface area contributed by atoms with Gasteiger partial charge in [-0.05, 0) is 31.2 Å². The molecule has 0 saturated carbocycles. The van der Waals surface area contributed by atoms with Gasteiger partial charge in [-0.3, -0.25) is 4.79 Å². The van der Waals surface area contributed by atoms with Gasteiger partial charge in [0, 0.05) is 18.0 Å². The third-order valence-electron chi connectivity index (χ3n) is 3.16. The lowest BCUT2D eigenvalue weighted by molar-refractivity contribution is 0.0950. The Kier molecular flexibility index (Phi) is 3.21. The van der Waals surface area contributed by atoms with Gasteiger partial charge < -0.3 is 9.72 Å². The molecule has 0 aliphatic heterocycles. The van der Waals surface area contributed by atoms with Crippen LogP contribution in [0.4, 0.5) is 0 Å². The number of aromatic nitrogens is 2. The average molecular weight is 265 g/mol. The molecule has 4 heteroatoms. The SMILES string of the molecule is Cc1ccc(C(=O)NCc2cn3ccccc3n2)cc1. The highest BCUT2D eigenvalue weighted by Gasteiger charge is 2.06. The molecule has 1 amide bonds. The topological polar surface area (TPSA) is 46.4 Å². The van der Waals surface area contributed by atoms with E-state index in [0.717, 1.165) is 16.9 Å². The van der Waals surface area contributed by atoms with E-state index in [9.17, 15) is 4.79 Å². The molecule has 0 spiro atoms. The van der Waals surface area contributed by atoms with Crippen molar-refractivity contribution >= 4 is 11.6 Å². The highest BCUT2D eigenvalue weighted by molar-refractivity contribution is 5.94. The van der Waals surface area contributed by atoms with Crippen molar-refractivity contribution in [3.05, 3.63) is 71.7 Å². The van der Waals surface area contributed by atoms with Gasteiger partial charge in [-0.2, -0.15) is 0 Å². The van der Waals surface area contributed by atoms with Gasteiger partial charge in [-0.15, -0.1) is 0 Å². The number of imidazole rings is 1. The van der Waals surface area contributed by atoms with Gasteiger partial charge in [-0.1, -0.05) is 23.8 Å². The normalized spacial score (nSPS) is 10.7. The van der Waals surface area contributed by atoms with Crippen LogP contribution in [0.3, 0.4) is 0 Å². The molecule has 0 unspecified atom stereocenters. The number of hydrogen-bond acceptors (Lipinski definition) is 2. The molecule has 0 radical (unpaired) electrons. The number of aryl methyl sites for hydroxylation is 1. The van der Waals surface area contributed by atoms with E-state index in [1.807, 2.05) is 66.2 Å². The Morgan fingerprint density at radius 3 is 2.75 bits per heavy atom. The average Bonchev–Trinajstić information content (AvgIpc) is 2.88. The summed E-state index contributed by atoms with van der Waals surface area (Å²) in [6, 6.07) is 13.3. The molecule has 0 bridgehead atoms. The minimum Gasteiger partial charge on any atom is -0.346 e. The van der Waals surface area contributed by atoms with Crippen LogP contribution < -0.4 is 5.32 Å². The number of carbonyl (C=O) groups excluding carboxylic acids is 1. The molecule has 0 fully saturated rings. The Morgan fingerprint density at radius 2 is 2.00 bits per heavy atom. The molecule has 2 heterocycles. The molecular formula is C16H15N3O. The highest BCUT2D eigenvalue weighted by atomic mass is 16.1. The molecule has 0 aliphatic rings. The Morgan fingerprint density at radius 1 is 1.20 bits per heavy atom. The molecule has 0 saturated heterocycles. The first-order valence-electron chi connectivity index (χ1n) is 6.50. The van der Waals surface area contributed by atoms with Crippen LogP contribution in [0.15, 0.2) is 54.9 Å². The summed E-state index contributed by atoms with van der Waals surface area (Å²) in [5.41, 5.74) is 3.53. The summed E-state index contributed by atoms with van der Waals surface area (Å²) in [5, 5.41) is 2.88. The number of fused-ring (bicyclic) bond motifs is 1. The van der Waals surface area contributed by atoms with Crippen molar-refractivity contribution in [1.82, 2.24) is 14.7 Å². The van der Waals surface area contributed by atoms with Crippen LogP contribution in [-0.4, -0.2) is 15.3 Å². The van der Waals surface area contributed by atoms with Gasteiger partial charge in [0.2, 0.25) is 0 Å². The van der Waals surface area contributed by atoms with E-state index in [0.29, 0.717) is 12.1 Å². The Balaban J connectivity index is 1.69. The summed E-state index contributed by atoms with van der Waals surface area (Å²) in [5.74, 6) is -0.0814. The van der Waals surface area contributed by atoms with Gasteiger partial charge in [0.05, 0.1) is 12.2 Å². The first-order chi connectivity index (χ1) is 9.72. The lowest BCUT2D eigenvalue weighted by Gasteiger charge is -2.03. The number of hydrogen-bond donors (Lipinski definition) is 1. The zero-order chi connectivity index (χ0) is 13.9. The third kappa shape index (κ3) is 2.54. The summed E-state index contributed by atoms with van der Waals surface area (Å²) in [4.78, 5) is 16.4. The predicted molar refractivity (Wildman–Crippen MR) is 77.5 cm³/mol. The minimum atomic E-state index is -0.0814. The number of pyridine rings is 1. The van der Waals surface area contributed by atoms with Crippen molar-refractivity contribution in [2.75, 3.05) is 0 Å². The summed E-state index contributed by atoms with van der Waals surface area (Å²) in [6.45, 7) is 2.42. The lowest BCUT2D eigenvalue weighted by Crippen LogP contribution is -2.22. The van der Waals surface area contributed by atoms with Crippen molar-refractivity contribution in [1.29, 1.82) is 0 Å². The van der Waals surface area contributed by atoms with Gasteiger partial charge in [0.15, 0.2) is 0 Å². The van der Waals surface area contributed by atoms with Crippen LogP contribution in [-0.2, 0) is 6.54 Å². The third-order valence-corrected chi connectivity index (χ3v) is 3.16. The second-order valence-corrected chi connectivity index (χ2v) is 4.75.